The molecule has 0 aliphatic carbocycles. The molecule has 4 N–H and O–H groups in total. The molecule has 1 aromatic heterocycles. The van der Waals surface area contributed by atoms with Gasteiger partial charge in [-0.1, -0.05) is 17.7 Å². The summed E-state index contributed by atoms with van der Waals surface area (Å²) in [6, 6.07) is 12.4. The summed E-state index contributed by atoms with van der Waals surface area (Å²) in [6.45, 7) is 1.64. The average molecular weight is 319 g/mol. The second kappa shape index (κ2) is 6.17. The summed E-state index contributed by atoms with van der Waals surface area (Å²) in [4.78, 5) is 15.5. The number of carbonyl (C=O) groups is 1. The Kier molecular flexibility index (Phi) is 4.49. The van der Waals surface area contributed by atoms with Crippen LogP contribution in [0, 0.1) is 0 Å². The second-order valence-electron chi connectivity index (χ2n) is 4.81. The summed E-state index contributed by atoms with van der Waals surface area (Å²) in [7, 11) is 0. The van der Waals surface area contributed by atoms with Gasteiger partial charge in [-0.25, -0.2) is 4.98 Å². The van der Waals surface area contributed by atoms with E-state index in [2.05, 4.69) is 4.98 Å². The summed E-state index contributed by atoms with van der Waals surface area (Å²) in [5.74, 6) is -0.956. The van der Waals surface area contributed by atoms with E-state index in [1.54, 1.807) is 37.3 Å². The average Bonchev–Trinajstić information content (AvgIpc) is 2.89. The lowest BCUT2D eigenvalue weighted by Gasteiger charge is -2.04. The van der Waals surface area contributed by atoms with Crippen LogP contribution in [0.5, 0.6) is 0 Å². The standard InChI is InChI=1S/C16H12ClNO3.H3N/c1-9(16(19)20)11-4-7-14-13(8-11)18-15(21-14)10-2-5-12(17)6-3-10;/h2-9H,1H3,(H,19,20);1H3/t9-;/m1./s1. The predicted octanol–water partition coefficient (Wildman–Crippen LogP) is 4.50. The van der Waals surface area contributed by atoms with Crippen molar-refractivity contribution >= 4 is 28.7 Å². The van der Waals surface area contributed by atoms with E-state index in [0.717, 1.165) is 5.56 Å². The van der Waals surface area contributed by atoms with Gasteiger partial charge >= 0.3 is 5.97 Å². The van der Waals surface area contributed by atoms with Gasteiger partial charge in [0, 0.05) is 10.6 Å². The largest absolute Gasteiger partial charge is 0.481 e. The Morgan fingerprint density at radius 2 is 1.91 bits per heavy atom. The van der Waals surface area contributed by atoms with Gasteiger partial charge in [0.1, 0.15) is 5.52 Å². The summed E-state index contributed by atoms with van der Waals surface area (Å²) in [5, 5.41) is 9.71. The summed E-state index contributed by atoms with van der Waals surface area (Å²) >= 11 is 5.86. The number of hydrogen-bond acceptors (Lipinski definition) is 4. The first-order chi connectivity index (χ1) is 10.0. The third-order valence-corrected chi connectivity index (χ3v) is 3.63. The molecule has 1 heterocycles. The van der Waals surface area contributed by atoms with Crippen molar-refractivity contribution in [3.8, 4) is 11.5 Å². The van der Waals surface area contributed by atoms with Gasteiger partial charge in [0.25, 0.3) is 0 Å². The maximum atomic E-state index is 11.0. The minimum Gasteiger partial charge on any atom is -0.481 e. The molecule has 0 bridgehead atoms. The van der Waals surface area contributed by atoms with Crippen LogP contribution in [0.25, 0.3) is 22.6 Å². The zero-order chi connectivity index (χ0) is 15.0. The number of benzene rings is 2. The van der Waals surface area contributed by atoms with Crippen molar-refractivity contribution < 1.29 is 14.3 Å². The number of aliphatic carboxylic acids is 1. The van der Waals surface area contributed by atoms with Gasteiger partial charge in [0.05, 0.1) is 5.92 Å². The predicted molar refractivity (Wildman–Crippen MR) is 85.5 cm³/mol. The second-order valence-corrected chi connectivity index (χ2v) is 5.25. The summed E-state index contributed by atoms with van der Waals surface area (Å²) in [6.07, 6.45) is 0. The Hall–Kier alpha value is -2.37. The van der Waals surface area contributed by atoms with Crippen molar-refractivity contribution in [2.75, 3.05) is 0 Å². The van der Waals surface area contributed by atoms with E-state index in [0.29, 0.717) is 27.6 Å². The fourth-order valence-electron chi connectivity index (χ4n) is 2.07. The molecule has 0 aliphatic heterocycles. The van der Waals surface area contributed by atoms with Crippen LogP contribution in [0.1, 0.15) is 18.4 Å². The van der Waals surface area contributed by atoms with Crippen LogP contribution < -0.4 is 6.15 Å². The minimum atomic E-state index is -0.865. The van der Waals surface area contributed by atoms with E-state index < -0.39 is 11.9 Å². The zero-order valence-corrected chi connectivity index (χ0v) is 12.7. The Balaban J connectivity index is 0.00000176. The first-order valence-corrected chi connectivity index (χ1v) is 6.81. The number of halogens is 1. The van der Waals surface area contributed by atoms with Crippen molar-refractivity contribution in [2.45, 2.75) is 12.8 Å². The monoisotopic (exact) mass is 318 g/mol. The Morgan fingerprint density at radius 3 is 2.55 bits per heavy atom. The van der Waals surface area contributed by atoms with Gasteiger partial charge in [0.2, 0.25) is 5.89 Å². The first-order valence-electron chi connectivity index (χ1n) is 6.44. The number of hydrogen-bond donors (Lipinski definition) is 2. The van der Waals surface area contributed by atoms with Crippen LogP contribution in [0.15, 0.2) is 46.9 Å². The van der Waals surface area contributed by atoms with Gasteiger partial charge < -0.3 is 15.7 Å². The van der Waals surface area contributed by atoms with E-state index in [-0.39, 0.29) is 6.15 Å². The van der Waals surface area contributed by atoms with Crippen molar-refractivity contribution in [2.24, 2.45) is 0 Å². The fourth-order valence-corrected chi connectivity index (χ4v) is 2.20. The van der Waals surface area contributed by atoms with Crippen molar-refractivity contribution in [3.63, 3.8) is 0 Å². The molecule has 0 aliphatic rings. The molecule has 3 rings (SSSR count). The summed E-state index contributed by atoms with van der Waals surface area (Å²) in [5.41, 5.74) is 2.79. The van der Waals surface area contributed by atoms with E-state index in [9.17, 15) is 4.79 Å². The number of rotatable bonds is 3. The molecule has 22 heavy (non-hydrogen) atoms. The Morgan fingerprint density at radius 1 is 1.23 bits per heavy atom. The van der Waals surface area contributed by atoms with Crippen LogP contribution in [0.4, 0.5) is 0 Å². The van der Waals surface area contributed by atoms with Gasteiger partial charge in [0.15, 0.2) is 5.58 Å². The topological polar surface area (TPSA) is 98.3 Å². The zero-order valence-electron chi connectivity index (χ0n) is 11.9. The molecule has 0 unspecified atom stereocenters. The van der Waals surface area contributed by atoms with Crippen LogP contribution in [-0.2, 0) is 4.79 Å². The third kappa shape index (κ3) is 2.95. The van der Waals surface area contributed by atoms with Crippen molar-refractivity contribution in [1.82, 2.24) is 11.1 Å². The molecule has 6 heteroatoms. The molecule has 0 saturated heterocycles. The highest BCUT2D eigenvalue weighted by Crippen LogP contribution is 2.27. The SMILES string of the molecule is C[C@@H](C(=O)O)c1ccc2oc(-c3ccc(Cl)cc3)nc2c1.N. The number of aromatic nitrogens is 1. The van der Waals surface area contributed by atoms with E-state index >= 15 is 0 Å². The Bertz CT molecular complexity index is 812. The Labute approximate surface area is 132 Å². The number of oxazole rings is 1. The van der Waals surface area contributed by atoms with Gasteiger partial charge in [-0.15, -0.1) is 0 Å². The summed E-state index contributed by atoms with van der Waals surface area (Å²) < 4.78 is 5.69. The number of carboxylic acid groups (broad SMARTS) is 1. The van der Waals surface area contributed by atoms with E-state index in [4.69, 9.17) is 21.1 Å². The lowest BCUT2D eigenvalue weighted by molar-refractivity contribution is -0.138. The third-order valence-electron chi connectivity index (χ3n) is 3.37. The maximum Gasteiger partial charge on any atom is 0.310 e. The quantitative estimate of drug-likeness (QED) is 0.740. The number of fused-ring (bicyclic) bond motifs is 1. The molecule has 0 radical (unpaired) electrons. The first kappa shape index (κ1) is 16.0. The molecular formula is C16H15ClN2O3. The molecule has 0 amide bonds. The molecule has 0 fully saturated rings. The molecule has 114 valence electrons. The number of carboxylic acids is 1. The van der Waals surface area contributed by atoms with Crippen molar-refractivity contribution in [3.05, 3.63) is 53.1 Å². The van der Waals surface area contributed by atoms with Crippen LogP contribution in [0.3, 0.4) is 0 Å². The molecule has 2 aromatic carbocycles. The molecule has 0 spiro atoms. The minimum absolute atomic E-state index is 0. The van der Waals surface area contributed by atoms with Gasteiger partial charge in [-0.2, -0.15) is 0 Å². The van der Waals surface area contributed by atoms with E-state index in [1.165, 1.54) is 0 Å². The smallest absolute Gasteiger partial charge is 0.310 e. The van der Waals surface area contributed by atoms with Crippen LogP contribution >= 0.6 is 11.6 Å². The normalized spacial score (nSPS) is 11.9. The van der Waals surface area contributed by atoms with E-state index in [1.807, 2.05) is 12.1 Å². The number of nitrogens with zero attached hydrogens (tertiary/aromatic N) is 1. The highest BCUT2D eigenvalue weighted by Gasteiger charge is 2.16. The highest BCUT2D eigenvalue weighted by molar-refractivity contribution is 6.30. The van der Waals surface area contributed by atoms with Crippen LogP contribution in [0.2, 0.25) is 5.02 Å². The molecule has 0 saturated carbocycles. The van der Waals surface area contributed by atoms with Crippen molar-refractivity contribution in [1.29, 1.82) is 0 Å². The molecule has 5 nitrogen and oxygen atoms in total. The lowest BCUT2D eigenvalue weighted by atomic mass is 10.0. The molecule has 1 atom stereocenters. The molecular weight excluding hydrogens is 304 g/mol. The van der Waals surface area contributed by atoms with Gasteiger partial charge in [-0.3, -0.25) is 4.79 Å². The maximum absolute atomic E-state index is 11.0. The fraction of sp³-hybridized carbons (Fsp3) is 0.125. The van der Waals surface area contributed by atoms with Crippen LogP contribution in [-0.4, -0.2) is 16.1 Å². The highest BCUT2D eigenvalue weighted by atomic mass is 35.5. The lowest BCUT2D eigenvalue weighted by Crippen LogP contribution is -2.06. The molecule has 3 aromatic rings. The van der Waals surface area contributed by atoms with Gasteiger partial charge in [-0.05, 0) is 48.9 Å².